The Bertz CT molecular complexity index is 830. The normalized spacial score (nSPS) is 23.0. The Labute approximate surface area is 181 Å². The predicted molar refractivity (Wildman–Crippen MR) is 120 cm³/mol. The molecule has 1 fully saturated rings. The Morgan fingerprint density at radius 3 is 2.33 bits per heavy atom. The first-order valence-electron chi connectivity index (χ1n) is 10.8. The molecule has 0 aromatic heterocycles. The second-order valence-electron chi connectivity index (χ2n) is 9.30. The van der Waals surface area contributed by atoms with E-state index in [-0.39, 0.29) is 17.9 Å². The van der Waals surface area contributed by atoms with Gasteiger partial charge in [-0.1, -0.05) is 30.7 Å². The Balaban J connectivity index is 2.53. The molecule has 2 N–H and O–H groups in total. The zero-order valence-electron chi connectivity index (χ0n) is 19.6. The maximum absolute atomic E-state index is 13.8. The van der Waals surface area contributed by atoms with Gasteiger partial charge in [0.15, 0.2) is 5.78 Å². The number of esters is 1. The summed E-state index contributed by atoms with van der Waals surface area (Å²) in [7, 11) is 1.69. The summed E-state index contributed by atoms with van der Waals surface area (Å²) in [4.78, 5) is 26.5. The molecular formula is C25H37NO4. The highest BCUT2D eigenvalue weighted by molar-refractivity contribution is 6.26. The van der Waals surface area contributed by atoms with Crippen LogP contribution < -0.4 is 5.73 Å². The van der Waals surface area contributed by atoms with E-state index in [1.807, 2.05) is 52.8 Å². The Morgan fingerprint density at radius 1 is 1.20 bits per heavy atom. The molecule has 0 atom stereocenters. The number of benzene rings is 1. The molecule has 1 aromatic carbocycles. The fraction of sp³-hybridized carbons (Fsp3) is 0.600. The third kappa shape index (κ3) is 5.19. The number of aryl methyl sites for hydroxylation is 2. The van der Waals surface area contributed by atoms with Crippen LogP contribution in [-0.4, -0.2) is 30.5 Å². The average molecular weight is 416 g/mol. The summed E-state index contributed by atoms with van der Waals surface area (Å²) in [5.41, 5.74) is 8.19. The molecule has 1 aromatic rings. The maximum atomic E-state index is 13.8. The van der Waals surface area contributed by atoms with Crippen molar-refractivity contribution in [2.75, 3.05) is 7.11 Å². The lowest BCUT2D eigenvalue weighted by Crippen LogP contribution is -2.52. The molecule has 0 bridgehead atoms. The summed E-state index contributed by atoms with van der Waals surface area (Å²) >= 11 is 0. The van der Waals surface area contributed by atoms with Gasteiger partial charge in [-0.3, -0.25) is 9.59 Å². The van der Waals surface area contributed by atoms with E-state index in [4.69, 9.17) is 15.2 Å². The van der Waals surface area contributed by atoms with Gasteiger partial charge in [0.05, 0.1) is 22.6 Å². The van der Waals surface area contributed by atoms with Crippen LogP contribution >= 0.6 is 0 Å². The van der Waals surface area contributed by atoms with Crippen molar-refractivity contribution in [3.8, 4) is 0 Å². The van der Waals surface area contributed by atoms with Crippen LogP contribution in [0.3, 0.4) is 0 Å². The first-order valence-corrected chi connectivity index (χ1v) is 10.8. The molecule has 0 spiro atoms. The van der Waals surface area contributed by atoms with Crippen LogP contribution in [0.4, 0.5) is 0 Å². The van der Waals surface area contributed by atoms with Crippen LogP contribution in [0.25, 0.3) is 5.57 Å². The van der Waals surface area contributed by atoms with Crippen molar-refractivity contribution in [3.63, 3.8) is 0 Å². The maximum Gasteiger partial charge on any atom is 0.316 e. The number of ether oxygens (including phenoxy) is 2. The van der Waals surface area contributed by atoms with E-state index in [0.717, 1.165) is 29.5 Å². The summed E-state index contributed by atoms with van der Waals surface area (Å²) in [6.45, 7) is 11.3. The number of carbonyl (C=O) groups is 2. The van der Waals surface area contributed by atoms with E-state index in [1.165, 1.54) is 0 Å². The van der Waals surface area contributed by atoms with Crippen molar-refractivity contribution in [2.24, 2.45) is 11.1 Å². The molecule has 1 aliphatic rings. The van der Waals surface area contributed by atoms with Crippen molar-refractivity contribution in [1.29, 1.82) is 0 Å². The zero-order chi connectivity index (χ0) is 22.7. The van der Waals surface area contributed by atoms with Gasteiger partial charge in [-0.2, -0.15) is 0 Å². The summed E-state index contributed by atoms with van der Waals surface area (Å²) < 4.78 is 11.2. The van der Waals surface area contributed by atoms with Gasteiger partial charge in [0.1, 0.15) is 5.76 Å². The molecule has 30 heavy (non-hydrogen) atoms. The molecule has 0 saturated heterocycles. The molecule has 0 heterocycles. The highest BCUT2D eigenvalue weighted by atomic mass is 16.5. The second kappa shape index (κ2) is 9.44. The number of carbonyl (C=O) groups excluding carboxylic acids is 2. The van der Waals surface area contributed by atoms with Gasteiger partial charge in [-0.15, -0.1) is 0 Å². The third-order valence-electron chi connectivity index (χ3n) is 6.53. The van der Waals surface area contributed by atoms with E-state index >= 15 is 0 Å². The molecule has 2 rings (SSSR count). The van der Waals surface area contributed by atoms with E-state index in [9.17, 15) is 9.59 Å². The first-order chi connectivity index (χ1) is 13.9. The number of nitrogens with two attached hydrogens (primary N) is 1. The highest BCUT2D eigenvalue weighted by Gasteiger charge is 2.41. The molecule has 0 amide bonds. The van der Waals surface area contributed by atoms with E-state index in [2.05, 4.69) is 0 Å². The van der Waals surface area contributed by atoms with Crippen molar-refractivity contribution in [1.82, 2.24) is 0 Å². The third-order valence-corrected chi connectivity index (χ3v) is 6.53. The zero-order valence-corrected chi connectivity index (χ0v) is 19.6. The minimum Gasteiger partial charge on any atom is -0.430 e. The number of rotatable bonds is 7. The fourth-order valence-corrected chi connectivity index (χ4v) is 3.77. The highest BCUT2D eigenvalue weighted by Crippen LogP contribution is 2.36. The molecule has 0 aliphatic heterocycles. The molecule has 166 valence electrons. The van der Waals surface area contributed by atoms with E-state index in [0.29, 0.717) is 30.6 Å². The molecule has 1 saturated carbocycles. The lowest BCUT2D eigenvalue weighted by atomic mass is 9.74. The minimum atomic E-state index is -0.992. The first kappa shape index (κ1) is 24.3. The molecular weight excluding hydrogens is 378 g/mol. The fourth-order valence-electron chi connectivity index (χ4n) is 3.77. The number of ketones is 1. The van der Waals surface area contributed by atoms with Crippen LogP contribution in [0.15, 0.2) is 24.0 Å². The Hall–Kier alpha value is -1.98. The summed E-state index contributed by atoms with van der Waals surface area (Å²) in [6, 6.07) is 5.95. The predicted octanol–water partition coefficient (Wildman–Crippen LogP) is 4.87. The Kier molecular flexibility index (Phi) is 7.64. The second-order valence-corrected chi connectivity index (χ2v) is 9.30. The smallest absolute Gasteiger partial charge is 0.316 e. The molecule has 5 nitrogen and oxygen atoms in total. The average Bonchev–Trinajstić information content (AvgIpc) is 2.71. The van der Waals surface area contributed by atoms with Gasteiger partial charge < -0.3 is 15.2 Å². The number of hydrogen-bond acceptors (Lipinski definition) is 5. The van der Waals surface area contributed by atoms with Crippen molar-refractivity contribution >= 4 is 17.3 Å². The lowest BCUT2D eigenvalue weighted by molar-refractivity contribution is -0.149. The monoisotopic (exact) mass is 415 g/mol. The van der Waals surface area contributed by atoms with Gasteiger partial charge >= 0.3 is 5.97 Å². The quantitative estimate of drug-likeness (QED) is 0.390. The largest absolute Gasteiger partial charge is 0.430 e. The molecule has 1 aliphatic carbocycles. The SMILES string of the molecule is CCC(C)(C)C(=O)O/C(C)=C(/C(=O)C1(N)CCC(OC)CC1)c1cc(C)ccc1C. The van der Waals surface area contributed by atoms with Crippen molar-refractivity contribution < 1.29 is 19.1 Å². The van der Waals surface area contributed by atoms with Crippen molar-refractivity contribution in [3.05, 3.63) is 40.6 Å². The number of Topliss-reactive ketones (excluding diaryl/α,β-unsaturated/α-hetero) is 1. The lowest BCUT2D eigenvalue weighted by Gasteiger charge is -2.36. The van der Waals surface area contributed by atoms with Crippen LogP contribution in [-0.2, 0) is 19.1 Å². The summed E-state index contributed by atoms with van der Waals surface area (Å²) in [5, 5.41) is 0. The summed E-state index contributed by atoms with van der Waals surface area (Å²) in [5.74, 6) is -0.184. The van der Waals surface area contributed by atoms with E-state index < -0.39 is 11.0 Å². The van der Waals surface area contributed by atoms with Gasteiger partial charge in [0, 0.05) is 7.11 Å². The number of allylic oxidation sites excluding steroid dienone is 1. The van der Waals surface area contributed by atoms with Gasteiger partial charge in [0.25, 0.3) is 0 Å². The van der Waals surface area contributed by atoms with Gasteiger partial charge in [-0.25, -0.2) is 0 Å². The van der Waals surface area contributed by atoms with Gasteiger partial charge in [0.2, 0.25) is 0 Å². The standard InChI is InChI=1S/C25H37NO4/c1-8-24(5,6)23(28)30-18(4)21(20-15-16(2)9-10-17(20)3)22(27)25(26)13-11-19(29-7)12-14-25/h9-10,15,19H,8,11-14,26H2,1-7H3/b21-18+. The minimum absolute atomic E-state index is 0.131. The van der Waals surface area contributed by atoms with Crippen molar-refractivity contribution in [2.45, 2.75) is 85.3 Å². The molecule has 5 heteroatoms. The van der Waals surface area contributed by atoms with Gasteiger partial charge in [-0.05, 0) is 77.8 Å². The van der Waals surface area contributed by atoms with Crippen LogP contribution in [0.2, 0.25) is 0 Å². The van der Waals surface area contributed by atoms with Crippen LogP contribution in [0.5, 0.6) is 0 Å². The summed E-state index contributed by atoms with van der Waals surface area (Å²) in [6.07, 6.45) is 3.33. The number of hydrogen-bond donors (Lipinski definition) is 1. The van der Waals surface area contributed by atoms with Crippen LogP contribution in [0.1, 0.15) is 76.5 Å². The molecule has 0 radical (unpaired) electrons. The van der Waals surface area contributed by atoms with Crippen LogP contribution in [0, 0.1) is 19.3 Å². The topological polar surface area (TPSA) is 78.6 Å². The molecule has 0 unspecified atom stereocenters. The number of methoxy groups -OCH3 is 1. The van der Waals surface area contributed by atoms with E-state index in [1.54, 1.807) is 14.0 Å². The Morgan fingerprint density at radius 2 is 1.80 bits per heavy atom.